The van der Waals surface area contributed by atoms with E-state index in [-0.39, 0.29) is 5.56 Å². The number of ether oxygens (including phenoxy) is 2. The van der Waals surface area contributed by atoms with Crippen LogP contribution in [0.15, 0.2) is 41.2 Å². The number of hydrogen-bond donors (Lipinski definition) is 5. The summed E-state index contributed by atoms with van der Waals surface area (Å²) in [5.74, 6) is 0.568. The monoisotopic (exact) mass is 451 g/mol. The van der Waals surface area contributed by atoms with E-state index in [9.17, 15) is 14.7 Å². The highest BCUT2D eigenvalue weighted by Crippen LogP contribution is 2.35. The number of nitrogens with zero attached hydrogens (tertiary/aromatic N) is 1. The molecule has 0 amide bonds. The molecule has 1 aromatic heterocycles. The van der Waals surface area contributed by atoms with Gasteiger partial charge in [-0.1, -0.05) is 19.1 Å². The molecule has 10 nitrogen and oxygen atoms in total. The van der Waals surface area contributed by atoms with Crippen molar-refractivity contribution in [3.8, 4) is 34.0 Å². The maximum absolute atomic E-state index is 12.4. The van der Waals surface area contributed by atoms with Crippen molar-refractivity contribution >= 4 is 17.5 Å². The van der Waals surface area contributed by atoms with Crippen LogP contribution < -0.4 is 31.4 Å². The van der Waals surface area contributed by atoms with Crippen LogP contribution in [0.25, 0.3) is 22.5 Å². The van der Waals surface area contributed by atoms with Gasteiger partial charge in [0.2, 0.25) is 0 Å². The summed E-state index contributed by atoms with van der Waals surface area (Å²) in [5.41, 5.74) is 11.4. The molecule has 2 heterocycles. The molecule has 0 radical (unpaired) electrons. The normalized spacial score (nSPS) is 12.9. The van der Waals surface area contributed by atoms with Gasteiger partial charge in [0, 0.05) is 0 Å². The fourth-order valence-electron chi connectivity index (χ4n) is 3.67. The molecule has 0 spiro atoms. The Labute approximate surface area is 189 Å². The average molecular weight is 451 g/mol. The van der Waals surface area contributed by atoms with E-state index in [4.69, 9.17) is 9.47 Å². The van der Waals surface area contributed by atoms with Crippen molar-refractivity contribution in [2.24, 2.45) is 5.92 Å². The van der Waals surface area contributed by atoms with Crippen molar-refractivity contribution < 1.29 is 19.4 Å². The second-order valence-electron chi connectivity index (χ2n) is 7.63. The molecule has 1 aliphatic heterocycles. The van der Waals surface area contributed by atoms with Crippen LogP contribution in [-0.2, 0) is 11.2 Å². The highest BCUT2D eigenvalue weighted by molar-refractivity contribution is 5.77. The number of benzene rings is 2. The molecule has 172 valence electrons. The zero-order chi connectivity index (χ0) is 23.5. The maximum Gasteiger partial charge on any atom is 0.306 e. The zero-order valence-corrected chi connectivity index (χ0v) is 18.5. The van der Waals surface area contributed by atoms with Crippen LogP contribution in [-0.4, -0.2) is 34.8 Å². The number of rotatable bonds is 8. The number of H-pyrrole nitrogens is 1. The number of carboxylic acid groups (broad SMARTS) is 1. The number of hydrazine groups is 2. The Kier molecular flexibility index (Phi) is 6.18. The lowest BCUT2D eigenvalue weighted by atomic mass is 9.95. The van der Waals surface area contributed by atoms with Gasteiger partial charge in [0.05, 0.1) is 25.2 Å². The highest BCUT2D eigenvalue weighted by Gasteiger charge is 2.20. The fourth-order valence-corrected chi connectivity index (χ4v) is 3.67. The zero-order valence-electron chi connectivity index (χ0n) is 18.5. The van der Waals surface area contributed by atoms with Crippen molar-refractivity contribution in [3.63, 3.8) is 0 Å². The number of carbonyl (C=O) groups is 1. The number of nitrogens with one attached hydrogen (secondary N) is 4. The SMILES string of the molecule is CCOc1cc(-c2ccc(OC)c(CC(C)C(=O)O)c2)ccc1-c1nc2c(c(=O)[nH]1)NNN2. The Bertz CT molecular complexity index is 1260. The number of hydrogen-bond acceptors (Lipinski definition) is 8. The molecule has 33 heavy (non-hydrogen) atoms. The number of anilines is 2. The third-order valence-corrected chi connectivity index (χ3v) is 5.39. The van der Waals surface area contributed by atoms with Crippen molar-refractivity contribution in [2.45, 2.75) is 20.3 Å². The van der Waals surface area contributed by atoms with Crippen molar-refractivity contribution in [1.82, 2.24) is 15.5 Å². The summed E-state index contributed by atoms with van der Waals surface area (Å²) in [7, 11) is 1.57. The Balaban J connectivity index is 1.75. The van der Waals surface area contributed by atoms with E-state index in [2.05, 4.69) is 26.4 Å². The number of aromatic nitrogens is 2. The van der Waals surface area contributed by atoms with Crippen LogP contribution in [0.1, 0.15) is 19.4 Å². The van der Waals surface area contributed by atoms with Crippen molar-refractivity contribution in [2.75, 3.05) is 24.6 Å². The largest absolute Gasteiger partial charge is 0.496 e. The Morgan fingerprint density at radius 2 is 1.88 bits per heavy atom. The number of aliphatic carboxylic acids is 1. The van der Waals surface area contributed by atoms with Gasteiger partial charge in [0.15, 0.2) is 11.5 Å². The van der Waals surface area contributed by atoms with E-state index in [0.717, 1.165) is 16.7 Å². The van der Waals surface area contributed by atoms with Crippen molar-refractivity contribution in [1.29, 1.82) is 0 Å². The number of aromatic amines is 1. The molecule has 1 aliphatic rings. The number of carboxylic acids is 1. The lowest BCUT2D eigenvalue weighted by Crippen LogP contribution is -2.21. The van der Waals surface area contributed by atoms with Gasteiger partial charge in [-0.05, 0) is 54.3 Å². The summed E-state index contributed by atoms with van der Waals surface area (Å²) >= 11 is 0. The predicted octanol–water partition coefficient (Wildman–Crippen LogP) is 3.03. The molecule has 1 unspecified atom stereocenters. The Morgan fingerprint density at radius 3 is 2.61 bits per heavy atom. The smallest absolute Gasteiger partial charge is 0.306 e. The lowest BCUT2D eigenvalue weighted by Gasteiger charge is -2.15. The summed E-state index contributed by atoms with van der Waals surface area (Å²) in [4.78, 5) is 31.0. The van der Waals surface area contributed by atoms with Gasteiger partial charge in [-0.25, -0.2) is 4.98 Å². The number of fused-ring (bicyclic) bond motifs is 1. The van der Waals surface area contributed by atoms with Crippen LogP contribution in [0.3, 0.4) is 0 Å². The first-order valence-electron chi connectivity index (χ1n) is 10.5. The second kappa shape index (κ2) is 9.21. The van der Waals surface area contributed by atoms with Crippen LogP contribution in [0.2, 0.25) is 0 Å². The molecular formula is C23H25N5O5. The number of methoxy groups -OCH3 is 1. The molecule has 3 aromatic rings. The summed E-state index contributed by atoms with van der Waals surface area (Å²) < 4.78 is 11.3. The van der Waals surface area contributed by atoms with E-state index in [1.165, 1.54) is 0 Å². The third-order valence-electron chi connectivity index (χ3n) is 5.39. The minimum atomic E-state index is -0.860. The molecule has 2 aromatic carbocycles. The molecule has 0 bridgehead atoms. The van der Waals surface area contributed by atoms with Gasteiger partial charge >= 0.3 is 5.97 Å². The van der Waals surface area contributed by atoms with Gasteiger partial charge < -0.3 is 19.6 Å². The van der Waals surface area contributed by atoms with Gasteiger partial charge in [-0.3, -0.25) is 20.4 Å². The minimum absolute atomic E-state index is 0.314. The van der Waals surface area contributed by atoms with E-state index in [1.807, 2.05) is 43.3 Å². The fraction of sp³-hybridized carbons (Fsp3) is 0.261. The van der Waals surface area contributed by atoms with E-state index in [1.54, 1.807) is 14.0 Å². The first-order valence-corrected chi connectivity index (χ1v) is 10.5. The molecule has 0 aliphatic carbocycles. The summed E-state index contributed by atoms with van der Waals surface area (Å²) in [6, 6.07) is 11.3. The van der Waals surface area contributed by atoms with Gasteiger partial charge in [0.25, 0.3) is 5.56 Å². The molecule has 10 heteroatoms. The van der Waals surface area contributed by atoms with E-state index < -0.39 is 11.9 Å². The first kappa shape index (κ1) is 22.2. The van der Waals surface area contributed by atoms with Crippen LogP contribution in [0.4, 0.5) is 11.5 Å². The van der Waals surface area contributed by atoms with Crippen LogP contribution in [0.5, 0.6) is 11.5 Å². The Morgan fingerprint density at radius 1 is 1.12 bits per heavy atom. The quantitative estimate of drug-likeness (QED) is 0.350. The lowest BCUT2D eigenvalue weighted by molar-refractivity contribution is -0.141. The second-order valence-corrected chi connectivity index (χ2v) is 7.63. The average Bonchev–Trinajstić information content (AvgIpc) is 3.28. The van der Waals surface area contributed by atoms with E-state index in [0.29, 0.717) is 47.4 Å². The Hall–Kier alpha value is -4.05. The van der Waals surface area contributed by atoms with Crippen LogP contribution in [0, 0.1) is 5.92 Å². The summed E-state index contributed by atoms with van der Waals surface area (Å²) in [5, 5.41) is 9.30. The molecular weight excluding hydrogens is 426 g/mol. The minimum Gasteiger partial charge on any atom is -0.496 e. The standard InChI is InChI=1S/C23H25N5O5/c1-4-33-18-11-14(13-6-8-17(32-3)15(10-13)9-12(2)23(30)31)5-7-16(18)20-24-21-19(22(29)25-20)26-28-27-21/h5-8,10-12,26,28H,4,9H2,1-3H3,(H,30,31)(H2,24,25,27,29). The van der Waals surface area contributed by atoms with E-state index >= 15 is 0 Å². The molecule has 0 saturated heterocycles. The maximum atomic E-state index is 12.4. The molecule has 0 saturated carbocycles. The summed E-state index contributed by atoms with van der Waals surface area (Å²) in [6.45, 7) is 3.97. The molecule has 0 fully saturated rings. The summed E-state index contributed by atoms with van der Waals surface area (Å²) in [6.07, 6.45) is 0.345. The van der Waals surface area contributed by atoms with Crippen molar-refractivity contribution in [3.05, 3.63) is 52.3 Å². The van der Waals surface area contributed by atoms with Crippen LogP contribution >= 0.6 is 0 Å². The highest BCUT2D eigenvalue weighted by atomic mass is 16.5. The van der Waals surface area contributed by atoms with Gasteiger partial charge in [0.1, 0.15) is 17.3 Å². The van der Waals surface area contributed by atoms with Gasteiger partial charge in [-0.2, -0.15) is 0 Å². The molecule has 1 atom stereocenters. The topological polar surface area (TPSA) is 138 Å². The third kappa shape index (κ3) is 4.46. The first-order chi connectivity index (χ1) is 15.9. The molecule has 4 rings (SSSR count). The van der Waals surface area contributed by atoms with Gasteiger partial charge in [-0.15, -0.1) is 5.53 Å². The molecule has 5 N–H and O–H groups in total. The predicted molar refractivity (Wildman–Crippen MR) is 124 cm³/mol.